The van der Waals surface area contributed by atoms with Crippen molar-refractivity contribution in [3.8, 4) is 11.5 Å². The maximum atomic E-state index is 5.46. The summed E-state index contributed by atoms with van der Waals surface area (Å²) in [5.41, 5.74) is 7.12. The van der Waals surface area contributed by atoms with E-state index in [1.165, 1.54) is 0 Å². The summed E-state index contributed by atoms with van der Waals surface area (Å²) in [5, 5.41) is 0. The predicted molar refractivity (Wildman–Crippen MR) is 60.9 cm³/mol. The van der Waals surface area contributed by atoms with Gasteiger partial charge in [-0.15, -0.1) is 0 Å². The normalized spacial score (nSPS) is 10.3. The molecule has 0 spiro atoms. The SMILES string of the molecule is NCc1cnc(-c2ccc(Br)cn2)nc1. The largest absolute Gasteiger partial charge is 0.326 e. The van der Waals surface area contributed by atoms with Gasteiger partial charge in [0.05, 0.1) is 0 Å². The average molecular weight is 265 g/mol. The number of aromatic nitrogens is 3. The van der Waals surface area contributed by atoms with E-state index in [-0.39, 0.29) is 0 Å². The zero-order valence-electron chi connectivity index (χ0n) is 7.89. The number of hydrogen-bond acceptors (Lipinski definition) is 4. The Hall–Kier alpha value is -1.33. The first-order chi connectivity index (χ1) is 7.29. The van der Waals surface area contributed by atoms with Crippen LogP contribution in [0.15, 0.2) is 35.2 Å². The first-order valence-electron chi connectivity index (χ1n) is 4.42. The van der Waals surface area contributed by atoms with E-state index in [1.807, 2.05) is 12.1 Å². The molecule has 0 radical (unpaired) electrons. The lowest BCUT2D eigenvalue weighted by molar-refractivity contribution is 1.01. The molecule has 2 aromatic rings. The molecule has 0 aliphatic rings. The van der Waals surface area contributed by atoms with Gasteiger partial charge in [0.25, 0.3) is 0 Å². The number of halogens is 1. The number of rotatable bonds is 2. The van der Waals surface area contributed by atoms with E-state index in [0.717, 1.165) is 15.7 Å². The van der Waals surface area contributed by atoms with Crippen LogP contribution in [-0.2, 0) is 6.54 Å². The number of nitrogens with two attached hydrogens (primary N) is 1. The fraction of sp³-hybridized carbons (Fsp3) is 0.100. The van der Waals surface area contributed by atoms with Crippen LogP contribution in [0, 0.1) is 0 Å². The van der Waals surface area contributed by atoms with E-state index >= 15 is 0 Å². The van der Waals surface area contributed by atoms with Gasteiger partial charge >= 0.3 is 0 Å². The molecule has 0 atom stereocenters. The molecule has 0 unspecified atom stereocenters. The van der Waals surface area contributed by atoms with Crippen LogP contribution in [-0.4, -0.2) is 15.0 Å². The standard InChI is InChI=1S/C10H9BrN4/c11-8-1-2-9(13-6-8)10-14-4-7(3-12)5-15-10/h1-2,4-6H,3,12H2. The lowest BCUT2D eigenvalue weighted by Gasteiger charge is -2.00. The third-order valence-corrected chi connectivity index (χ3v) is 2.37. The molecule has 0 aliphatic heterocycles. The Balaban J connectivity index is 2.33. The Bertz CT molecular complexity index is 438. The number of hydrogen-bond donors (Lipinski definition) is 1. The molecule has 2 aromatic heterocycles. The van der Waals surface area contributed by atoms with Gasteiger partial charge in [0.15, 0.2) is 5.82 Å². The van der Waals surface area contributed by atoms with Crippen LogP contribution in [0.4, 0.5) is 0 Å². The van der Waals surface area contributed by atoms with Crippen molar-refractivity contribution in [1.29, 1.82) is 0 Å². The van der Waals surface area contributed by atoms with Crippen LogP contribution in [0.25, 0.3) is 11.5 Å². The minimum absolute atomic E-state index is 0.452. The second-order valence-corrected chi connectivity index (χ2v) is 3.90. The van der Waals surface area contributed by atoms with E-state index in [9.17, 15) is 0 Å². The summed E-state index contributed by atoms with van der Waals surface area (Å²) >= 11 is 3.32. The minimum Gasteiger partial charge on any atom is -0.326 e. The zero-order chi connectivity index (χ0) is 10.7. The van der Waals surface area contributed by atoms with E-state index in [2.05, 4.69) is 30.9 Å². The molecule has 5 heteroatoms. The molecule has 2 rings (SSSR count). The van der Waals surface area contributed by atoms with E-state index in [4.69, 9.17) is 5.73 Å². The smallest absolute Gasteiger partial charge is 0.178 e. The summed E-state index contributed by atoms with van der Waals surface area (Å²) in [4.78, 5) is 12.6. The fourth-order valence-electron chi connectivity index (χ4n) is 1.10. The van der Waals surface area contributed by atoms with Gasteiger partial charge in [-0.2, -0.15) is 0 Å². The molecule has 2 N–H and O–H groups in total. The van der Waals surface area contributed by atoms with Gasteiger partial charge in [0.2, 0.25) is 0 Å². The van der Waals surface area contributed by atoms with Crippen molar-refractivity contribution in [2.75, 3.05) is 0 Å². The van der Waals surface area contributed by atoms with Crippen molar-refractivity contribution in [3.63, 3.8) is 0 Å². The summed E-state index contributed by atoms with van der Waals surface area (Å²) in [6.45, 7) is 0.452. The van der Waals surface area contributed by atoms with Gasteiger partial charge < -0.3 is 5.73 Å². The molecule has 4 nitrogen and oxygen atoms in total. The summed E-state index contributed by atoms with van der Waals surface area (Å²) in [6.07, 6.45) is 5.15. The van der Waals surface area contributed by atoms with E-state index in [0.29, 0.717) is 12.4 Å². The number of pyridine rings is 1. The topological polar surface area (TPSA) is 64.7 Å². The van der Waals surface area contributed by atoms with Crippen LogP contribution in [0.5, 0.6) is 0 Å². The second kappa shape index (κ2) is 4.46. The Kier molecular flexibility index (Phi) is 3.03. The molecular formula is C10H9BrN4. The Morgan fingerprint density at radius 1 is 1.07 bits per heavy atom. The molecule has 0 aromatic carbocycles. The third-order valence-electron chi connectivity index (χ3n) is 1.90. The lowest BCUT2D eigenvalue weighted by Crippen LogP contribution is -1.99. The molecule has 0 amide bonds. The van der Waals surface area contributed by atoms with Gasteiger partial charge in [-0.25, -0.2) is 9.97 Å². The summed E-state index contributed by atoms with van der Waals surface area (Å²) in [7, 11) is 0. The average Bonchev–Trinajstić information content (AvgIpc) is 2.30. The van der Waals surface area contributed by atoms with Crippen molar-refractivity contribution in [3.05, 3.63) is 40.8 Å². The van der Waals surface area contributed by atoms with Gasteiger partial charge in [-0.3, -0.25) is 4.98 Å². The minimum atomic E-state index is 0.452. The summed E-state index contributed by atoms with van der Waals surface area (Å²) < 4.78 is 0.935. The summed E-state index contributed by atoms with van der Waals surface area (Å²) in [5.74, 6) is 0.611. The highest BCUT2D eigenvalue weighted by Gasteiger charge is 2.01. The van der Waals surface area contributed by atoms with Crippen LogP contribution in [0.1, 0.15) is 5.56 Å². The zero-order valence-corrected chi connectivity index (χ0v) is 9.48. The van der Waals surface area contributed by atoms with Crippen LogP contribution >= 0.6 is 15.9 Å². The highest BCUT2D eigenvalue weighted by Crippen LogP contribution is 2.14. The van der Waals surface area contributed by atoms with Crippen molar-refractivity contribution in [1.82, 2.24) is 15.0 Å². The van der Waals surface area contributed by atoms with Crippen LogP contribution in [0.3, 0.4) is 0 Å². The van der Waals surface area contributed by atoms with Crippen LogP contribution in [0.2, 0.25) is 0 Å². The van der Waals surface area contributed by atoms with Gasteiger partial charge in [-0.05, 0) is 28.1 Å². The Labute approximate surface area is 95.7 Å². The second-order valence-electron chi connectivity index (χ2n) is 2.98. The molecular weight excluding hydrogens is 256 g/mol. The molecule has 0 saturated carbocycles. The lowest BCUT2D eigenvalue weighted by atomic mass is 10.3. The highest BCUT2D eigenvalue weighted by atomic mass is 79.9. The van der Waals surface area contributed by atoms with Gasteiger partial charge in [0, 0.05) is 35.2 Å². The maximum absolute atomic E-state index is 5.46. The fourth-order valence-corrected chi connectivity index (χ4v) is 1.34. The highest BCUT2D eigenvalue weighted by molar-refractivity contribution is 9.10. The van der Waals surface area contributed by atoms with E-state index in [1.54, 1.807) is 18.6 Å². The molecule has 76 valence electrons. The quantitative estimate of drug-likeness (QED) is 0.898. The maximum Gasteiger partial charge on any atom is 0.178 e. The van der Waals surface area contributed by atoms with Crippen molar-refractivity contribution < 1.29 is 0 Å². The Morgan fingerprint density at radius 2 is 1.80 bits per heavy atom. The molecule has 0 bridgehead atoms. The molecule has 2 heterocycles. The molecule has 15 heavy (non-hydrogen) atoms. The van der Waals surface area contributed by atoms with Gasteiger partial charge in [-0.1, -0.05) is 0 Å². The molecule has 0 saturated heterocycles. The van der Waals surface area contributed by atoms with E-state index < -0.39 is 0 Å². The van der Waals surface area contributed by atoms with Crippen LogP contribution < -0.4 is 5.73 Å². The molecule has 0 fully saturated rings. The third kappa shape index (κ3) is 2.37. The first kappa shape index (κ1) is 10.2. The van der Waals surface area contributed by atoms with Crippen molar-refractivity contribution in [2.24, 2.45) is 5.73 Å². The monoisotopic (exact) mass is 264 g/mol. The predicted octanol–water partition coefficient (Wildman–Crippen LogP) is 1.76. The van der Waals surface area contributed by atoms with Crippen molar-refractivity contribution in [2.45, 2.75) is 6.54 Å². The van der Waals surface area contributed by atoms with Gasteiger partial charge in [0.1, 0.15) is 5.69 Å². The first-order valence-corrected chi connectivity index (χ1v) is 5.22. The molecule has 0 aliphatic carbocycles. The number of nitrogens with zero attached hydrogens (tertiary/aromatic N) is 3. The van der Waals surface area contributed by atoms with Crippen molar-refractivity contribution >= 4 is 15.9 Å². The summed E-state index contributed by atoms with van der Waals surface area (Å²) in [6, 6.07) is 3.77. The Morgan fingerprint density at radius 3 is 2.33 bits per heavy atom.